The molecule has 2 N–H and O–H groups in total. The molecule has 4 fully saturated rings. The van der Waals surface area contributed by atoms with Crippen molar-refractivity contribution in [3.8, 4) is 0 Å². The Morgan fingerprint density at radius 2 is 1.68 bits per heavy atom. The molecular weight excluding hydrogens is 432 g/mol. The van der Waals surface area contributed by atoms with Crippen molar-refractivity contribution >= 4 is 11.6 Å². The molecule has 6 nitrogen and oxygen atoms in total. The molecule has 2 heterocycles. The normalized spacial score (nSPS) is 55.4. The average Bonchev–Trinajstić information content (AvgIpc) is 3.10. The first-order valence-corrected chi connectivity index (χ1v) is 13.0. The zero-order valence-electron chi connectivity index (χ0n) is 21.2. The molecule has 0 radical (unpaired) electrons. The van der Waals surface area contributed by atoms with E-state index in [-0.39, 0.29) is 35.7 Å². The summed E-state index contributed by atoms with van der Waals surface area (Å²) in [7, 11) is 0. The number of hydrogen-bond donors (Lipinski definition) is 2. The van der Waals surface area contributed by atoms with Crippen LogP contribution in [0.25, 0.3) is 0 Å². The third kappa shape index (κ3) is 2.33. The molecular formula is C28H38O6. The van der Waals surface area contributed by atoms with Crippen LogP contribution in [0, 0.1) is 34.5 Å². The van der Waals surface area contributed by atoms with Crippen molar-refractivity contribution in [3.05, 3.63) is 23.3 Å². The molecule has 0 aromatic carbocycles. The van der Waals surface area contributed by atoms with Gasteiger partial charge in [0.15, 0.2) is 11.6 Å². The quantitative estimate of drug-likeness (QED) is 0.563. The standard InChI is InChI=1S/C28H38O6/c1-14-17-8-10-27(34-28(14)23(32)15(2)24(3,4)33-28)19-12-21(30)20-11-16(29)7-9-25(20,5)18(19)13-22(31)26(17,27)6/h12-15,17,20,22-23,31-32H,7-11H2,1-6H3/t14-,15-,17+,20?,22?,23+,25?,26-,27-,28-/m0/s1. The van der Waals surface area contributed by atoms with Gasteiger partial charge in [-0.2, -0.15) is 0 Å². The Hall–Kier alpha value is -1.34. The van der Waals surface area contributed by atoms with Crippen LogP contribution >= 0.6 is 0 Å². The van der Waals surface area contributed by atoms with Gasteiger partial charge in [0.2, 0.25) is 0 Å². The Kier molecular flexibility index (Phi) is 4.41. The van der Waals surface area contributed by atoms with E-state index in [4.69, 9.17) is 9.47 Å². The summed E-state index contributed by atoms with van der Waals surface area (Å²) in [6.45, 7) is 12.2. The molecule has 2 saturated carbocycles. The van der Waals surface area contributed by atoms with Crippen molar-refractivity contribution in [2.75, 3.05) is 0 Å². The van der Waals surface area contributed by atoms with Crippen molar-refractivity contribution in [2.24, 2.45) is 34.5 Å². The smallest absolute Gasteiger partial charge is 0.199 e. The minimum atomic E-state index is -1.20. The Morgan fingerprint density at radius 3 is 2.32 bits per heavy atom. The lowest BCUT2D eigenvalue weighted by atomic mass is 9.48. The van der Waals surface area contributed by atoms with E-state index in [2.05, 4.69) is 20.8 Å². The van der Waals surface area contributed by atoms with Crippen LogP contribution in [0.4, 0.5) is 0 Å². The maximum Gasteiger partial charge on any atom is 0.199 e. The molecule has 4 aliphatic carbocycles. The SMILES string of the molecule is C[C@H]1[C@@H](O)[C@@]2(OC1(C)C)O[C@]13CC[C@H]([C@@H]2C)[C@@]1(C)C(O)C=C1C3=CC(=O)C2CC(=O)CCC12C. The molecule has 34 heavy (non-hydrogen) atoms. The van der Waals surface area contributed by atoms with E-state index < -0.39 is 45.9 Å². The van der Waals surface area contributed by atoms with Crippen molar-refractivity contribution in [2.45, 2.75) is 103 Å². The van der Waals surface area contributed by atoms with Crippen LogP contribution in [-0.2, 0) is 19.1 Å². The fourth-order valence-electron chi connectivity index (χ4n) is 8.92. The maximum atomic E-state index is 13.5. The largest absolute Gasteiger partial charge is 0.388 e. The van der Waals surface area contributed by atoms with Crippen molar-refractivity contribution in [1.82, 2.24) is 0 Å². The van der Waals surface area contributed by atoms with Crippen molar-refractivity contribution in [1.29, 1.82) is 0 Å². The number of aliphatic hydroxyl groups is 2. The monoisotopic (exact) mass is 470 g/mol. The number of fused-ring (bicyclic) bond motifs is 3. The van der Waals surface area contributed by atoms with Gasteiger partial charge >= 0.3 is 0 Å². The van der Waals surface area contributed by atoms with Gasteiger partial charge in [0.1, 0.15) is 17.5 Å². The molecule has 0 aromatic heterocycles. The topological polar surface area (TPSA) is 93.1 Å². The second kappa shape index (κ2) is 6.50. The molecule has 2 bridgehead atoms. The number of carbonyl (C=O) groups excluding carboxylic acids is 2. The molecule has 2 aliphatic heterocycles. The zero-order valence-corrected chi connectivity index (χ0v) is 21.2. The number of Topliss-reactive ketones (excluding diaryl/α,β-unsaturated/α-hetero) is 1. The van der Waals surface area contributed by atoms with Crippen LogP contribution in [0.3, 0.4) is 0 Å². The predicted octanol–water partition coefficient (Wildman–Crippen LogP) is 3.50. The minimum absolute atomic E-state index is 0.0166. The van der Waals surface area contributed by atoms with E-state index in [1.54, 1.807) is 6.08 Å². The molecule has 3 unspecified atom stereocenters. The third-order valence-electron chi connectivity index (χ3n) is 11.5. The van der Waals surface area contributed by atoms with Crippen molar-refractivity contribution < 1.29 is 29.3 Å². The molecule has 1 spiro atoms. The Labute approximate surface area is 201 Å². The van der Waals surface area contributed by atoms with Crippen LogP contribution in [0.2, 0.25) is 0 Å². The van der Waals surface area contributed by atoms with Gasteiger partial charge in [-0.3, -0.25) is 9.59 Å². The second-order valence-electron chi connectivity index (χ2n) is 13.0. The fourth-order valence-corrected chi connectivity index (χ4v) is 8.92. The number of allylic oxidation sites excluding steroid dienone is 1. The van der Waals surface area contributed by atoms with Gasteiger partial charge in [-0.1, -0.05) is 33.8 Å². The number of hydrogen-bond acceptors (Lipinski definition) is 6. The van der Waals surface area contributed by atoms with E-state index in [9.17, 15) is 19.8 Å². The summed E-state index contributed by atoms with van der Waals surface area (Å²) < 4.78 is 13.8. The van der Waals surface area contributed by atoms with Gasteiger partial charge in [0.05, 0.1) is 11.7 Å². The highest BCUT2D eigenvalue weighted by molar-refractivity contribution is 6.00. The summed E-state index contributed by atoms with van der Waals surface area (Å²) in [4.78, 5) is 25.8. The lowest BCUT2D eigenvalue weighted by Crippen LogP contribution is -2.71. The fraction of sp³-hybridized carbons (Fsp3) is 0.786. The molecule has 0 amide bonds. The first-order valence-electron chi connectivity index (χ1n) is 13.0. The summed E-state index contributed by atoms with van der Waals surface area (Å²) in [6.07, 6.45) is 4.90. The van der Waals surface area contributed by atoms with Crippen LogP contribution in [-0.4, -0.2) is 51.0 Å². The van der Waals surface area contributed by atoms with E-state index >= 15 is 0 Å². The molecule has 2 saturated heterocycles. The van der Waals surface area contributed by atoms with E-state index in [0.29, 0.717) is 19.3 Å². The van der Waals surface area contributed by atoms with Crippen molar-refractivity contribution in [3.63, 3.8) is 0 Å². The van der Waals surface area contributed by atoms with Gasteiger partial charge in [-0.15, -0.1) is 0 Å². The minimum Gasteiger partial charge on any atom is -0.388 e. The summed E-state index contributed by atoms with van der Waals surface area (Å²) in [6, 6.07) is 0. The molecule has 6 rings (SSSR count). The first-order chi connectivity index (χ1) is 15.7. The van der Waals surface area contributed by atoms with Gasteiger partial charge in [-0.05, 0) is 56.3 Å². The molecule has 10 atom stereocenters. The Bertz CT molecular complexity index is 1060. The van der Waals surface area contributed by atoms with Gasteiger partial charge in [0.25, 0.3) is 0 Å². The third-order valence-corrected chi connectivity index (χ3v) is 11.5. The summed E-state index contributed by atoms with van der Waals surface area (Å²) in [5.41, 5.74) is -0.841. The summed E-state index contributed by atoms with van der Waals surface area (Å²) in [5.74, 6) is -1.68. The van der Waals surface area contributed by atoms with E-state index in [1.807, 2.05) is 26.8 Å². The highest BCUT2D eigenvalue weighted by atomic mass is 16.7. The van der Waals surface area contributed by atoms with Gasteiger partial charge < -0.3 is 19.7 Å². The number of ether oxygens (including phenoxy) is 2. The number of carbonyl (C=O) groups is 2. The molecule has 6 heteroatoms. The van der Waals surface area contributed by atoms with Crippen LogP contribution in [0.1, 0.15) is 73.6 Å². The summed E-state index contributed by atoms with van der Waals surface area (Å²) >= 11 is 0. The lowest BCUT2D eigenvalue weighted by Gasteiger charge is -2.64. The van der Waals surface area contributed by atoms with Gasteiger partial charge in [0, 0.05) is 41.4 Å². The molecule has 6 aliphatic rings. The van der Waals surface area contributed by atoms with E-state index in [0.717, 1.165) is 17.6 Å². The highest BCUT2D eigenvalue weighted by Crippen LogP contribution is 2.73. The number of rotatable bonds is 0. The highest BCUT2D eigenvalue weighted by Gasteiger charge is 2.78. The van der Waals surface area contributed by atoms with E-state index in [1.165, 1.54) is 0 Å². The summed E-state index contributed by atoms with van der Waals surface area (Å²) in [5, 5.41) is 23.3. The molecule has 0 aromatic rings. The number of aliphatic hydroxyl groups excluding tert-OH is 2. The second-order valence-corrected chi connectivity index (χ2v) is 13.0. The van der Waals surface area contributed by atoms with Gasteiger partial charge in [-0.25, -0.2) is 0 Å². The predicted molar refractivity (Wildman–Crippen MR) is 125 cm³/mol. The van der Waals surface area contributed by atoms with Crippen LogP contribution in [0.15, 0.2) is 23.3 Å². The first kappa shape index (κ1) is 23.1. The average molecular weight is 471 g/mol. The molecule has 186 valence electrons. The maximum absolute atomic E-state index is 13.5. The number of ketones is 2. The van der Waals surface area contributed by atoms with Crippen LogP contribution in [0.5, 0.6) is 0 Å². The zero-order chi connectivity index (χ0) is 24.6. The Balaban J connectivity index is 1.56. The lowest BCUT2D eigenvalue weighted by molar-refractivity contribution is -0.382. The Morgan fingerprint density at radius 1 is 0.971 bits per heavy atom. The van der Waals surface area contributed by atoms with Crippen LogP contribution < -0.4 is 0 Å².